The molecule has 0 spiro atoms. The zero-order valence-corrected chi connectivity index (χ0v) is 16.5. The maximum Gasteiger partial charge on any atom is 0.277 e. The lowest BCUT2D eigenvalue weighted by Gasteiger charge is -2.28. The van der Waals surface area contributed by atoms with Crippen LogP contribution < -0.4 is 4.43 Å². The Bertz CT molecular complexity index is 600. The van der Waals surface area contributed by atoms with E-state index in [-0.39, 0.29) is 0 Å². The summed E-state index contributed by atoms with van der Waals surface area (Å²) >= 11 is 0. The van der Waals surface area contributed by atoms with Gasteiger partial charge in [0, 0.05) is 5.56 Å². The van der Waals surface area contributed by atoms with Gasteiger partial charge in [0.2, 0.25) is 0 Å². The first-order valence-electron chi connectivity index (χ1n) is 7.79. The SMILES string of the molecule is CC(C)=CC/C(=C1/c2ccccc2O[Si]1(C)C)[Si](C)(C)C. The number of benzene rings is 1. The fraction of sp³-hybridized carbons (Fsp3) is 0.444. The second kappa shape index (κ2) is 5.61. The molecule has 1 aromatic carbocycles. The topological polar surface area (TPSA) is 9.23 Å². The van der Waals surface area contributed by atoms with Gasteiger partial charge in [-0.2, -0.15) is 0 Å². The Hall–Kier alpha value is -1.07. The minimum absolute atomic E-state index is 1.08. The Morgan fingerprint density at radius 1 is 1.14 bits per heavy atom. The fourth-order valence-corrected chi connectivity index (χ4v) is 9.17. The van der Waals surface area contributed by atoms with E-state index in [9.17, 15) is 0 Å². The number of allylic oxidation sites excluding steroid dienone is 3. The molecule has 114 valence electrons. The number of rotatable bonds is 3. The quantitative estimate of drug-likeness (QED) is 0.505. The lowest BCUT2D eigenvalue weighted by molar-refractivity contribution is 0.578. The molecule has 21 heavy (non-hydrogen) atoms. The van der Waals surface area contributed by atoms with Gasteiger partial charge in [-0.25, -0.2) is 0 Å². The maximum absolute atomic E-state index is 6.37. The molecule has 1 heterocycles. The Morgan fingerprint density at radius 3 is 2.33 bits per heavy atom. The molecular weight excluding hydrogens is 288 g/mol. The van der Waals surface area contributed by atoms with Crippen molar-refractivity contribution in [2.75, 3.05) is 0 Å². The molecule has 0 N–H and O–H groups in total. The summed E-state index contributed by atoms with van der Waals surface area (Å²) in [5.74, 6) is 1.09. The third-order valence-electron chi connectivity index (χ3n) is 4.05. The number of hydrogen-bond donors (Lipinski definition) is 0. The molecule has 0 radical (unpaired) electrons. The van der Waals surface area contributed by atoms with Crippen LogP contribution in [0.3, 0.4) is 0 Å². The van der Waals surface area contributed by atoms with Gasteiger partial charge in [-0.15, -0.1) is 0 Å². The van der Waals surface area contributed by atoms with E-state index in [0.717, 1.165) is 12.2 Å². The molecule has 3 heteroatoms. The first-order chi connectivity index (χ1) is 9.63. The summed E-state index contributed by atoms with van der Waals surface area (Å²) < 4.78 is 6.37. The highest BCUT2D eigenvalue weighted by Crippen LogP contribution is 2.45. The van der Waals surface area contributed by atoms with E-state index in [1.807, 2.05) is 0 Å². The Balaban J connectivity index is 2.67. The van der Waals surface area contributed by atoms with Gasteiger partial charge in [-0.3, -0.25) is 0 Å². The number of fused-ring (bicyclic) bond motifs is 1. The van der Waals surface area contributed by atoms with Crippen molar-refractivity contribution in [2.24, 2.45) is 0 Å². The van der Waals surface area contributed by atoms with E-state index in [1.54, 1.807) is 10.4 Å². The van der Waals surface area contributed by atoms with Crippen molar-refractivity contribution >= 4 is 21.6 Å². The van der Waals surface area contributed by atoms with Crippen LogP contribution in [0, 0.1) is 0 Å². The van der Waals surface area contributed by atoms with E-state index in [2.05, 4.69) is 76.9 Å². The maximum atomic E-state index is 6.37. The Kier molecular flexibility index (Phi) is 4.36. The lowest BCUT2D eigenvalue weighted by Crippen LogP contribution is -2.36. The van der Waals surface area contributed by atoms with Crippen molar-refractivity contribution in [2.45, 2.75) is 53.0 Å². The molecular formula is C18H28OSi2. The van der Waals surface area contributed by atoms with Crippen LogP contribution >= 0.6 is 0 Å². The van der Waals surface area contributed by atoms with Crippen LogP contribution in [0.2, 0.25) is 32.7 Å². The monoisotopic (exact) mass is 316 g/mol. The Labute approximate surface area is 131 Å². The molecule has 0 aliphatic carbocycles. The summed E-state index contributed by atoms with van der Waals surface area (Å²) in [7, 11) is -3.22. The summed E-state index contributed by atoms with van der Waals surface area (Å²) in [5.41, 5.74) is 2.76. The molecule has 1 aliphatic rings. The van der Waals surface area contributed by atoms with Crippen molar-refractivity contribution in [1.82, 2.24) is 0 Å². The normalized spacial score (nSPS) is 18.8. The van der Waals surface area contributed by atoms with Gasteiger partial charge in [0.15, 0.2) is 0 Å². The van der Waals surface area contributed by atoms with Crippen molar-refractivity contribution in [3.8, 4) is 5.75 Å². The highest BCUT2D eigenvalue weighted by atomic mass is 28.4. The second-order valence-corrected chi connectivity index (χ2v) is 16.5. The van der Waals surface area contributed by atoms with Crippen LogP contribution in [-0.2, 0) is 0 Å². The van der Waals surface area contributed by atoms with Gasteiger partial charge in [0.25, 0.3) is 8.32 Å². The summed E-state index contributed by atoms with van der Waals surface area (Å²) in [6.07, 6.45) is 3.47. The van der Waals surface area contributed by atoms with E-state index in [1.165, 1.54) is 11.1 Å². The minimum Gasteiger partial charge on any atom is -0.539 e. The molecule has 1 aromatic rings. The van der Waals surface area contributed by atoms with Gasteiger partial charge in [0.1, 0.15) is 5.75 Å². The molecule has 0 aromatic heterocycles. The molecule has 0 amide bonds. The highest BCUT2D eigenvalue weighted by Gasteiger charge is 2.42. The first-order valence-corrected chi connectivity index (χ1v) is 14.2. The standard InChI is InChI=1S/C18H28OSi2/c1-14(2)12-13-17(20(3,4)5)18-15-10-8-9-11-16(15)19-21(18,6)7/h8-12H,13H2,1-7H3/b18-17+. The van der Waals surface area contributed by atoms with Crippen LogP contribution in [-0.4, -0.2) is 16.4 Å². The summed E-state index contributed by atoms with van der Waals surface area (Å²) in [4.78, 5) is 0. The van der Waals surface area contributed by atoms with Gasteiger partial charge in [0.05, 0.1) is 8.07 Å². The van der Waals surface area contributed by atoms with Crippen LogP contribution in [0.1, 0.15) is 25.8 Å². The van der Waals surface area contributed by atoms with Crippen molar-refractivity contribution in [3.05, 3.63) is 46.7 Å². The summed E-state index contributed by atoms with van der Waals surface area (Å²) in [6.45, 7) is 16.4. The van der Waals surface area contributed by atoms with Crippen LogP contribution in [0.5, 0.6) is 5.75 Å². The average molecular weight is 317 g/mol. The molecule has 0 unspecified atom stereocenters. The zero-order chi connectivity index (χ0) is 15.8. The van der Waals surface area contributed by atoms with Crippen molar-refractivity contribution < 1.29 is 4.43 Å². The number of hydrogen-bond acceptors (Lipinski definition) is 1. The first kappa shape index (κ1) is 16.3. The lowest BCUT2D eigenvalue weighted by atomic mass is 10.1. The van der Waals surface area contributed by atoms with Crippen LogP contribution in [0.15, 0.2) is 41.1 Å². The molecule has 0 bridgehead atoms. The van der Waals surface area contributed by atoms with E-state index < -0.39 is 16.4 Å². The minimum atomic E-state index is -1.83. The smallest absolute Gasteiger partial charge is 0.277 e. The molecule has 1 aliphatic heterocycles. The molecule has 0 saturated heterocycles. The fourth-order valence-electron chi connectivity index (χ4n) is 3.03. The van der Waals surface area contributed by atoms with Crippen LogP contribution in [0.25, 0.3) is 5.20 Å². The molecule has 0 fully saturated rings. The third-order valence-corrected chi connectivity index (χ3v) is 9.07. The second-order valence-electron chi connectivity index (χ2n) is 7.70. The molecule has 0 saturated carbocycles. The van der Waals surface area contributed by atoms with Crippen molar-refractivity contribution in [3.63, 3.8) is 0 Å². The van der Waals surface area contributed by atoms with Gasteiger partial charge in [-0.1, -0.05) is 54.7 Å². The van der Waals surface area contributed by atoms with Gasteiger partial charge in [-0.05, 0) is 44.6 Å². The average Bonchev–Trinajstić information content (AvgIpc) is 2.58. The molecule has 1 nitrogen and oxygen atoms in total. The van der Waals surface area contributed by atoms with E-state index in [4.69, 9.17) is 4.43 Å². The van der Waals surface area contributed by atoms with Crippen LogP contribution in [0.4, 0.5) is 0 Å². The van der Waals surface area contributed by atoms with Gasteiger partial charge >= 0.3 is 0 Å². The third kappa shape index (κ3) is 3.40. The summed E-state index contributed by atoms with van der Waals surface area (Å²) in [6, 6.07) is 8.59. The summed E-state index contributed by atoms with van der Waals surface area (Å²) in [5, 5.41) is 3.24. The van der Waals surface area contributed by atoms with E-state index in [0.29, 0.717) is 0 Å². The largest absolute Gasteiger partial charge is 0.539 e. The molecule has 0 atom stereocenters. The van der Waals surface area contributed by atoms with E-state index >= 15 is 0 Å². The predicted octanol–water partition coefficient (Wildman–Crippen LogP) is 5.81. The Morgan fingerprint density at radius 2 is 1.76 bits per heavy atom. The number of para-hydroxylation sites is 1. The van der Waals surface area contributed by atoms with Crippen molar-refractivity contribution in [1.29, 1.82) is 0 Å². The zero-order valence-electron chi connectivity index (χ0n) is 14.5. The molecule has 2 rings (SSSR count). The highest BCUT2D eigenvalue weighted by molar-refractivity contribution is 6.96. The predicted molar refractivity (Wildman–Crippen MR) is 98.9 cm³/mol. The van der Waals surface area contributed by atoms with Gasteiger partial charge < -0.3 is 4.43 Å².